The Labute approximate surface area is 237 Å². The Morgan fingerprint density at radius 2 is 2.00 bits per heavy atom. The molecule has 4 heterocycles. The second-order valence-electron chi connectivity index (χ2n) is 10.3. The van der Waals surface area contributed by atoms with Crippen molar-refractivity contribution in [2.45, 2.75) is 77.2 Å². The number of hydrogen-bond donors (Lipinski definition) is 3. The molecule has 4 rings (SSSR count). The Hall–Kier alpha value is -2.77. The molecule has 6 atom stereocenters. The Morgan fingerprint density at radius 1 is 1.21 bits per heavy atom. The number of fused-ring (bicyclic) bond motifs is 3. The van der Waals surface area contributed by atoms with E-state index in [0.29, 0.717) is 22.2 Å². The maximum absolute atomic E-state index is 13.4. The van der Waals surface area contributed by atoms with Crippen molar-refractivity contribution in [3.63, 3.8) is 0 Å². The van der Waals surface area contributed by atoms with Crippen LogP contribution >= 0.6 is 23.1 Å². The van der Waals surface area contributed by atoms with Gasteiger partial charge in [-0.3, -0.25) is 19.4 Å². The number of carbonyl (C=O) groups excluding carboxylic acids is 3. The molecule has 13 heteroatoms. The maximum atomic E-state index is 13.4. The van der Waals surface area contributed by atoms with Gasteiger partial charge in [0.15, 0.2) is 0 Å². The van der Waals surface area contributed by atoms with E-state index in [2.05, 4.69) is 39.8 Å². The average molecular weight is 576 g/mol. The fourth-order valence-electron chi connectivity index (χ4n) is 4.40. The summed E-state index contributed by atoms with van der Waals surface area (Å²) in [4.78, 5) is 52.8. The first-order chi connectivity index (χ1) is 18.6. The number of aliphatic imine (C=N–C) groups is 1. The van der Waals surface area contributed by atoms with Crippen LogP contribution in [0.15, 0.2) is 22.9 Å². The highest BCUT2D eigenvalue weighted by atomic mass is 32.2. The Bertz CT molecular complexity index is 1210. The minimum Gasteiger partial charge on any atom is -0.376 e. The number of nitrogens with zero attached hydrogens (tertiary/aromatic N) is 4. The van der Waals surface area contributed by atoms with Crippen LogP contribution in [0, 0.1) is 5.92 Å². The standard InChI is InChI=1S/C26H37N7O4S2/c1-6-14(2)22-26-31-20(12-39-26)24(36)29-18(8-17-9-27-13-33(17)5)25-30-19(11-38-25)23(35)28-15(3)10-37-16(4)7-21(34)32-22/h9,12-16,18-19,22H,6-8,10-11H2,1-5H3,(H,28,35)(H,29,36)(H,32,34)/t14-,15-,16?,18?,19?,22-/m0/s1. The van der Waals surface area contributed by atoms with Crippen LogP contribution in [0.4, 0.5) is 0 Å². The van der Waals surface area contributed by atoms with Gasteiger partial charge in [0, 0.05) is 42.5 Å². The smallest absolute Gasteiger partial charge is 0.271 e. The van der Waals surface area contributed by atoms with Crippen LogP contribution in [0.2, 0.25) is 0 Å². The molecule has 0 radical (unpaired) electrons. The van der Waals surface area contributed by atoms with Crippen molar-refractivity contribution < 1.29 is 19.1 Å². The molecule has 0 aromatic carbocycles. The molecule has 3 unspecified atom stereocenters. The monoisotopic (exact) mass is 575 g/mol. The van der Waals surface area contributed by atoms with Gasteiger partial charge in [-0.25, -0.2) is 9.97 Å². The van der Waals surface area contributed by atoms with Crippen molar-refractivity contribution in [1.82, 2.24) is 30.5 Å². The van der Waals surface area contributed by atoms with E-state index >= 15 is 0 Å². The average Bonchev–Trinajstić information content (AvgIpc) is 3.66. The number of aryl methyl sites for hydroxylation is 1. The van der Waals surface area contributed by atoms with Crippen LogP contribution in [0.5, 0.6) is 0 Å². The normalized spacial score (nSPS) is 27.9. The number of thioether (sulfide) groups is 1. The number of rotatable bonds is 4. The molecule has 0 spiro atoms. The Morgan fingerprint density at radius 3 is 2.72 bits per heavy atom. The molecule has 11 nitrogen and oxygen atoms in total. The summed E-state index contributed by atoms with van der Waals surface area (Å²) in [5.41, 5.74) is 1.21. The predicted octanol–water partition coefficient (Wildman–Crippen LogP) is 2.25. The molecule has 2 aliphatic rings. The molecular formula is C26H37N7O4S2. The minimum absolute atomic E-state index is 0.121. The molecule has 0 aliphatic carbocycles. The van der Waals surface area contributed by atoms with E-state index in [0.717, 1.165) is 12.1 Å². The molecule has 3 amide bonds. The zero-order chi connectivity index (χ0) is 28.1. The zero-order valence-corrected chi connectivity index (χ0v) is 24.6. The number of thiazole rings is 1. The Balaban J connectivity index is 1.65. The van der Waals surface area contributed by atoms with Crippen molar-refractivity contribution in [2.24, 2.45) is 18.0 Å². The van der Waals surface area contributed by atoms with E-state index in [1.165, 1.54) is 23.1 Å². The maximum Gasteiger partial charge on any atom is 0.271 e. The summed E-state index contributed by atoms with van der Waals surface area (Å²) in [6.07, 6.45) is 4.61. The van der Waals surface area contributed by atoms with Crippen molar-refractivity contribution in [3.8, 4) is 0 Å². The second kappa shape index (κ2) is 13.1. The van der Waals surface area contributed by atoms with Crippen LogP contribution in [0.1, 0.15) is 67.8 Å². The summed E-state index contributed by atoms with van der Waals surface area (Å²) in [6.45, 7) is 8.10. The highest BCUT2D eigenvalue weighted by Gasteiger charge is 2.32. The van der Waals surface area contributed by atoms with Gasteiger partial charge in [-0.1, -0.05) is 20.3 Å². The first-order valence-corrected chi connectivity index (χ1v) is 15.1. The molecule has 2 aromatic heterocycles. The number of hydrogen-bond acceptors (Lipinski definition) is 9. The van der Waals surface area contributed by atoms with Crippen molar-refractivity contribution in [1.29, 1.82) is 0 Å². The van der Waals surface area contributed by atoms with E-state index < -0.39 is 12.1 Å². The molecule has 4 bridgehead atoms. The molecule has 2 aromatic rings. The topological polar surface area (TPSA) is 140 Å². The third-order valence-corrected chi connectivity index (χ3v) is 9.05. The van der Waals surface area contributed by atoms with Gasteiger partial charge in [0.25, 0.3) is 5.91 Å². The van der Waals surface area contributed by atoms with Gasteiger partial charge in [0.2, 0.25) is 11.8 Å². The lowest BCUT2D eigenvalue weighted by molar-refractivity contribution is -0.126. The van der Waals surface area contributed by atoms with Crippen LogP contribution in [0.25, 0.3) is 0 Å². The molecule has 2 aliphatic heterocycles. The fraction of sp³-hybridized carbons (Fsp3) is 0.615. The second-order valence-corrected chi connectivity index (χ2v) is 12.2. The predicted molar refractivity (Wildman–Crippen MR) is 152 cm³/mol. The lowest BCUT2D eigenvalue weighted by Crippen LogP contribution is -2.43. The first kappa shape index (κ1) is 29.2. The van der Waals surface area contributed by atoms with E-state index in [1.54, 1.807) is 17.9 Å². The van der Waals surface area contributed by atoms with E-state index in [9.17, 15) is 14.4 Å². The van der Waals surface area contributed by atoms with E-state index in [-0.39, 0.29) is 60.5 Å². The van der Waals surface area contributed by atoms with Gasteiger partial charge in [-0.15, -0.1) is 23.1 Å². The minimum atomic E-state index is -0.564. The van der Waals surface area contributed by atoms with Gasteiger partial charge in [0.05, 0.1) is 42.6 Å². The van der Waals surface area contributed by atoms with Gasteiger partial charge in [0.1, 0.15) is 16.7 Å². The number of nitrogens with one attached hydrogen (secondary N) is 3. The number of ether oxygens (including phenoxy) is 1. The number of amides is 3. The van der Waals surface area contributed by atoms with Crippen LogP contribution in [0.3, 0.4) is 0 Å². The molecular weight excluding hydrogens is 538 g/mol. The summed E-state index contributed by atoms with van der Waals surface area (Å²) in [5, 5.41) is 12.3. The van der Waals surface area contributed by atoms with Crippen LogP contribution in [-0.4, -0.2) is 73.9 Å². The summed E-state index contributed by atoms with van der Waals surface area (Å²) < 4.78 is 7.77. The van der Waals surface area contributed by atoms with E-state index in [1.807, 2.05) is 25.5 Å². The van der Waals surface area contributed by atoms with Gasteiger partial charge in [-0.05, 0) is 19.8 Å². The largest absolute Gasteiger partial charge is 0.376 e. The summed E-state index contributed by atoms with van der Waals surface area (Å²) in [5.74, 6) is -0.0630. The molecule has 0 saturated heterocycles. The van der Waals surface area contributed by atoms with Crippen LogP contribution in [-0.2, 0) is 27.8 Å². The van der Waals surface area contributed by atoms with Crippen molar-refractivity contribution in [3.05, 3.63) is 34.3 Å². The first-order valence-electron chi connectivity index (χ1n) is 13.3. The highest BCUT2D eigenvalue weighted by molar-refractivity contribution is 8.14. The summed E-state index contributed by atoms with van der Waals surface area (Å²) in [6, 6.07) is -1.58. The fourth-order valence-corrected chi connectivity index (χ4v) is 6.48. The van der Waals surface area contributed by atoms with Gasteiger partial charge >= 0.3 is 0 Å². The third-order valence-electron chi connectivity index (χ3n) is 6.95. The zero-order valence-electron chi connectivity index (χ0n) is 23.0. The van der Waals surface area contributed by atoms with E-state index in [4.69, 9.17) is 9.73 Å². The number of aromatic nitrogens is 3. The summed E-state index contributed by atoms with van der Waals surface area (Å²) in [7, 11) is 1.90. The Kier molecular flexibility index (Phi) is 9.78. The quantitative estimate of drug-likeness (QED) is 0.508. The van der Waals surface area contributed by atoms with Crippen molar-refractivity contribution in [2.75, 3.05) is 12.4 Å². The third kappa shape index (κ3) is 7.46. The molecule has 3 N–H and O–H groups in total. The van der Waals surface area contributed by atoms with Crippen molar-refractivity contribution >= 4 is 45.9 Å². The van der Waals surface area contributed by atoms with Gasteiger partial charge in [-0.2, -0.15) is 0 Å². The lowest BCUT2D eigenvalue weighted by atomic mass is 9.99. The summed E-state index contributed by atoms with van der Waals surface area (Å²) >= 11 is 2.84. The SMILES string of the molecule is CC[C@H](C)[C@@H]1NC(=O)CC(C)OC[C@H](C)NC(=O)C2CSC(=N2)C(Cc2cncn2C)NC(=O)c2csc1n2. The molecule has 39 heavy (non-hydrogen) atoms. The highest BCUT2D eigenvalue weighted by Crippen LogP contribution is 2.28. The number of carbonyl (C=O) groups is 3. The molecule has 0 fully saturated rings. The van der Waals surface area contributed by atoms with Crippen LogP contribution < -0.4 is 16.0 Å². The molecule has 0 saturated carbocycles. The molecule has 212 valence electrons. The lowest BCUT2D eigenvalue weighted by Gasteiger charge is -2.24. The van der Waals surface area contributed by atoms with Gasteiger partial charge < -0.3 is 25.3 Å². The number of imidazole rings is 1.